The fraction of sp³-hybridized carbons (Fsp3) is 0.130. The topological polar surface area (TPSA) is 86.1 Å². The van der Waals surface area contributed by atoms with Crippen LogP contribution in [0.5, 0.6) is 0 Å². The van der Waals surface area contributed by atoms with E-state index in [0.717, 1.165) is 11.1 Å². The lowest BCUT2D eigenvalue weighted by Gasteiger charge is -2.09. The molecule has 1 N–H and O–H groups in total. The summed E-state index contributed by atoms with van der Waals surface area (Å²) >= 11 is 5.98. The molecule has 0 spiro atoms. The number of rotatable bonds is 6. The molecule has 1 amide bonds. The largest absolute Gasteiger partial charge is 0.452 e. The van der Waals surface area contributed by atoms with Gasteiger partial charge in [-0.2, -0.15) is 5.10 Å². The number of carbonyl (C=O) groups excluding carboxylic acids is 2. The average molecular weight is 435 g/mol. The minimum Gasteiger partial charge on any atom is -0.452 e. The second kappa shape index (κ2) is 8.97. The monoisotopic (exact) mass is 434 g/mol. The summed E-state index contributed by atoms with van der Waals surface area (Å²) in [5.74, 6) is -1.00. The number of fused-ring (bicyclic) bond motifs is 1. The van der Waals surface area contributed by atoms with Crippen molar-refractivity contribution in [1.29, 1.82) is 0 Å². The molecular formula is C23H19ClN4O3. The number of nitrogens with zero attached hydrogens (tertiary/aromatic N) is 3. The summed E-state index contributed by atoms with van der Waals surface area (Å²) in [4.78, 5) is 29.1. The zero-order chi connectivity index (χ0) is 21.8. The summed E-state index contributed by atoms with van der Waals surface area (Å²) in [5, 5.41) is 8.07. The van der Waals surface area contributed by atoms with Crippen LogP contribution in [0.1, 0.15) is 15.9 Å². The molecule has 4 rings (SSSR count). The van der Waals surface area contributed by atoms with Crippen molar-refractivity contribution in [2.45, 2.75) is 6.54 Å². The molecule has 0 saturated carbocycles. The van der Waals surface area contributed by atoms with E-state index in [-0.39, 0.29) is 12.5 Å². The van der Waals surface area contributed by atoms with Crippen LogP contribution in [0.15, 0.2) is 66.9 Å². The maximum Gasteiger partial charge on any atom is 0.339 e. The Labute approximate surface area is 183 Å². The van der Waals surface area contributed by atoms with E-state index in [0.29, 0.717) is 33.9 Å². The Morgan fingerprint density at radius 1 is 1.10 bits per heavy atom. The van der Waals surface area contributed by atoms with Gasteiger partial charge in [-0.1, -0.05) is 54.1 Å². The fourth-order valence-corrected chi connectivity index (χ4v) is 3.26. The first kappa shape index (κ1) is 20.6. The Morgan fingerprint density at radius 3 is 2.55 bits per heavy atom. The van der Waals surface area contributed by atoms with E-state index in [1.54, 1.807) is 16.9 Å². The molecule has 2 aromatic carbocycles. The van der Waals surface area contributed by atoms with Crippen LogP contribution in [-0.2, 0) is 16.1 Å². The highest BCUT2D eigenvalue weighted by Crippen LogP contribution is 2.26. The molecule has 8 heteroatoms. The quantitative estimate of drug-likeness (QED) is 0.467. The average Bonchev–Trinajstić information content (AvgIpc) is 3.21. The SMILES string of the molecule is CNC(=O)COC(=O)c1cc(-c2ccccc2)nc2c1cnn2Cc1ccc(Cl)cc1. The number of likely N-dealkylation sites (N-methyl/N-ethyl adjacent to an activating group) is 1. The summed E-state index contributed by atoms with van der Waals surface area (Å²) < 4.78 is 6.91. The van der Waals surface area contributed by atoms with Crippen LogP contribution >= 0.6 is 11.6 Å². The number of ether oxygens (including phenoxy) is 1. The molecule has 0 radical (unpaired) electrons. The number of esters is 1. The van der Waals surface area contributed by atoms with E-state index < -0.39 is 5.97 Å². The molecule has 0 aliphatic carbocycles. The van der Waals surface area contributed by atoms with Crippen molar-refractivity contribution in [1.82, 2.24) is 20.1 Å². The van der Waals surface area contributed by atoms with E-state index >= 15 is 0 Å². The third-order valence-corrected chi connectivity index (χ3v) is 5.01. The smallest absolute Gasteiger partial charge is 0.339 e. The first-order valence-corrected chi connectivity index (χ1v) is 9.97. The van der Waals surface area contributed by atoms with E-state index in [9.17, 15) is 9.59 Å². The number of benzene rings is 2. The molecule has 7 nitrogen and oxygen atoms in total. The number of nitrogens with one attached hydrogen (secondary N) is 1. The summed E-state index contributed by atoms with van der Waals surface area (Å²) in [6.45, 7) is 0.0946. The van der Waals surface area contributed by atoms with Crippen LogP contribution in [0, 0.1) is 0 Å². The van der Waals surface area contributed by atoms with Crippen molar-refractivity contribution in [3.8, 4) is 11.3 Å². The predicted octanol–water partition coefficient (Wildman–Crippen LogP) is 3.70. The van der Waals surface area contributed by atoms with Crippen molar-refractivity contribution in [3.05, 3.63) is 83.0 Å². The highest BCUT2D eigenvalue weighted by atomic mass is 35.5. The Hall–Kier alpha value is -3.71. The fourth-order valence-electron chi connectivity index (χ4n) is 3.13. The number of hydrogen-bond donors (Lipinski definition) is 1. The number of halogens is 1. The third-order valence-electron chi connectivity index (χ3n) is 4.76. The lowest BCUT2D eigenvalue weighted by atomic mass is 10.1. The highest BCUT2D eigenvalue weighted by molar-refractivity contribution is 6.30. The minimum atomic E-state index is -0.612. The summed E-state index contributed by atoms with van der Waals surface area (Å²) in [5.41, 5.74) is 3.30. The Kier molecular flexibility index (Phi) is 5.95. The van der Waals surface area contributed by atoms with E-state index in [1.165, 1.54) is 7.05 Å². The van der Waals surface area contributed by atoms with Crippen LogP contribution < -0.4 is 5.32 Å². The number of carbonyl (C=O) groups is 2. The summed E-state index contributed by atoms with van der Waals surface area (Å²) in [6.07, 6.45) is 1.59. The number of amides is 1. The molecule has 0 aliphatic heterocycles. The second-order valence-electron chi connectivity index (χ2n) is 6.84. The standard InChI is InChI=1S/C23H19ClN4O3/c1-25-21(29)14-31-23(30)18-11-20(16-5-3-2-4-6-16)27-22-19(18)12-26-28(22)13-15-7-9-17(24)10-8-15/h2-12H,13-14H2,1H3,(H,25,29). The molecule has 0 fully saturated rings. The summed E-state index contributed by atoms with van der Waals surface area (Å²) in [6, 6.07) is 18.6. The molecule has 2 aromatic heterocycles. The molecule has 0 unspecified atom stereocenters. The van der Waals surface area contributed by atoms with Gasteiger partial charge in [0.25, 0.3) is 5.91 Å². The predicted molar refractivity (Wildman–Crippen MR) is 118 cm³/mol. The molecule has 31 heavy (non-hydrogen) atoms. The normalized spacial score (nSPS) is 10.8. The Morgan fingerprint density at radius 2 is 1.84 bits per heavy atom. The van der Waals surface area contributed by atoms with Crippen LogP contribution in [0.25, 0.3) is 22.3 Å². The van der Waals surface area contributed by atoms with Gasteiger partial charge in [0.15, 0.2) is 12.3 Å². The lowest BCUT2D eigenvalue weighted by molar-refractivity contribution is -0.123. The van der Waals surface area contributed by atoms with Crippen LogP contribution in [0.4, 0.5) is 0 Å². The van der Waals surface area contributed by atoms with Crippen LogP contribution in [-0.4, -0.2) is 40.3 Å². The number of pyridine rings is 1. The van der Waals surface area contributed by atoms with Gasteiger partial charge in [0.1, 0.15) is 0 Å². The van der Waals surface area contributed by atoms with Gasteiger partial charge in [-0.05, 0) is 23.8 Å². The molecule has 156 valence electrons. The van der Waals surface area contributed by atoms with Crippen molar-refractivity contribution < 1.29 is 14.3 Å². The number of hydrogen-bond acceptors (Lipinski definition) is 5. The van der Waals surface area contributed by atoms with Crippen molar-refractivity contribution in [2.24, 2.45) is 0 Å². The number of aromatic nitrogens is 3. The second-order valence-corrected chi connectivity index (χ2v) is 7.27. The molecule has 0 aliphatic rings. The van der Waals surface area contributed by atoms with Gasteiger partial charge in [0.2, 0.25) is 0 Å². The van der Waals surface area contributed by atoms with Gasteiger partial charge in [-0.3, -0.25) is 4.79 Å². The van der Waals surface area contributed by atoms with Gasteiger partial charge < -0.3 is 10.1 Å². The molecule has 4 aromatic rings. The third kappa shape index (κ3) is 4.57. The Balaban J connectivity index is 1.78. The van der Waals surface area contributed by atoms with Crippen LogP contribution in [0.2, 0.25) is 5.02 Å². The van der Waals surface area contributed by atoms with Gasteiger partial charge in [0, 0.05) is 17.6 Å². The van der Waals surface area contributed by atoms with E-state index in [4.69, 9.17) is 21.3 Å². The van der Waals surface area contributed by atoms with E-state index in [1.807, 2.05) is 54.6 Å². The van der Waals surface area contributed by atoms with Gasteiger partial charge >= 0.3 is 5.97 Å². The van der Waals surface area contributed by atoms with Crippen LogP contribution in [0.3, 0.4) is 0 Å². The Bertz CT molecular complexity index is 1240. The minimum absolute atomic E-state index is 0.301. The molecule has 0 saturated heterocycles. The van der Waals surface area contributed by atoms with E-state index in [2.05, 4.69) is 10.4 Å². The maximum absolute atomic E-state index is 12.8. The molecular weight excluding hydrogens is 416 g/mol. The first-order valence-electron chi connectivity index (χ1n) is 9.59. The van der Waals surface area contributed by atoms with Crippen molar-refractivity contribution in [2.75, 3.05) is 13.7 Å². The lowest BCUT2D eigenvalue weighted by Crippen LogP contribution is -2.25. The highest BCUT2D eigenvalue weighted by Gasteiger charge is 2.19. The van der Waals surface area contributed by atoms with Gasteiger partial charge in [-0.25, -0.2) is 14.5 Å². The van der Waals surface area contributed by atoms with Crippen molar-refractivity contribution >= 4 is 34.5 Å². The zero-order valence-electron chi connectivity index (χ0n) is 16.7. The maximum atomic E-state index is 12.8. The van der Waals surface area contributed by atoms with Crippen molar-refractivity contribution in [3.63, 3.8) is 0 Å². The molecule has 2 heterocycles. The summed E-state index contributed by atoms with van der Waals surface area (Å²) in [7, 11) is 1.48. The zero-order valence-corrected chi connectivity index (χ0v) is 17.5. The molecule has 0 atom stereocenters. The molecule has 0 bridgehead atoms. The van der Waals surface area contributed by atoms with Gasteiger partial charge in [0.05, 0.1) is 29.4 Å². The van der Waals surface area contributed by atoms with Gasteiger partial charge in [-0.15, -0.1) is 0 Å². The first-order chi connectivity index (χ1) is 15.0.